The molecule has 0 atom stereocenters. The summed E-state index contributed by atoms with van der Waals surface area (Å²) in [6, 6.07) is 1.86. The molecule has 0 aromatic carbocycles. The van der Waals surface area contributed by atoms with E-state index in [4.69, 9.17) is 0 Å². The van der Waals surface area contributed by atoms with E-state index in [1.54, 1.807) is 13.0 Å². The molecule has 14 heavy (non-hydrogen) atoms. The largest absolute Gasteiger partial charge is 0.460 e. The molecule has 0 aliphatic rings. The predicted octanol–water partition coefficient (Wildman–Crippen LogP) is 1.89. The molecule has 0 spiro atoms. The SMILES string of the molecule is CCOC(=O)C(=O)C=Cc1ccsc1. The quantitative estimate of drug-likeness (QED) is 0.433. The van der Waals surface area contributed by atoms with Gasteiger partial charge in [0.25, 0.3) is 5.78 Å². The zero-order valence-corrected chi connectivity index (χ0v) is 8.54. The Morgan fingerprint density at radius 1 is 1.57 bits per heavy atom. The van der Waals surface area contributed by atoms with Gasteiger partial charge in [-0.3, -0.25) is 4.79 Å². The number of rotatable bonds is 4. The highest BCUT2D eigenvalue weighted by Crippen LogP contribution is 2.07. The monoisotopic (exact) mass is 210 g/mol. The minimum absolute atomic E-state index is 0.219. The van der Waals surface area contributed by atoms with E-state index in [9.17, 15) is 9.59 Å². The van der Waals surface area contributed by atoms with Gasteiger partial charge in [-0.1, -0.05) is 0 Å². The van der Waals surface area contributed by atoms with Gasteiger partial charge in [-0.2, -0.15) is 11.3 Å². The van der Waals surface area contributed by atoms with Crippen molar-refractivity contribution in [2.45, 2.75) is 6.92 Å². The molecular weight excluding hydrogens is 200 g/mol. The number of hydrogen-bond donors (Lipinski definition) is 0. The molecule has 1 aromatic heterocycles. The highest BCUT2D eigenvalue weighted by atomic mass is 32.1. The van der Waals surface area contributed by atoms with Crippen LogP contribution in [0.1, 0.15) is 12.5 Å². The first-order valence-electron chi connectivity index (χ1n) is 4.15. The van der Waals surface area contributed by atoms with Crippen molar-refractivity contribution >= 4 is 29.2 Å². The second-order valence-corrected chi connectivity index (χ2v) is 3.25. The molecule has 0 unspecified atom stereocenters. The maximum absolute atomic E-state index is 11.1. The number of carbonyl (C=O) groups is 2. The molecule has 1 rings (SSSR count). The van der Waals surface area contributed by atoms with E-state index >= 15 is 0 Å². The van der Waals surface area contributed by atoms with Gasteiger partial charge >= 0.3 is 5.97 Å². The smallest absolute Gasteiger partial charge is 0.379 e. The van der Waals surface area contributed by atoms with Crippen LogP contribution >= 0.6 is 11.3 Å². The maximum Gasteiger partial charge on any atom is 0.379 e. The maximum atomic E-state index is 11.1. The van der Waals surface area contributed by atoms with Gasteiger partial charge in [0.1, 0.15) is 0 Å². The number of ketones is 1. The van der Waals surface area contributed by atoms with Crippen molar-refractivity contribution < 1.29 is 14.3 Å². The molecule has 74 valence electrons. The summed E-state index contributed by atoms with van der Waals surface area (Å²) in [4.78, 5) is 22.0. The summed E-state index contributed by atoms with van der Waals surface area (Å²) in [6.07, 6.45) is 2.82. The molecule has 0 N–H and O–H groups in total. The van der Waals surface area contributed by atoms with Crippen molar-refractivity contribution in [1.82, 2.24) is 0 Å². The molecule has 0 saturated carbocycles. The summed E-state index contributed by atoms with van der Waals surface area (Å²) in [7, 11) is 0. The van der Waals surface area contributed by atoms with Crippen molar-refractivity contribution in [3.8, 4) is 0 Å². The van der Waals surface area contributed by atoms with E-state index in [1.807, 2.05) is 16.8 Å². The van der Waals surface area contributed by atoms with Crippen LogP contribution in [0.5, 0.6) is 0 Å². The average Bonchev–Trinajstić information content (AvgIpc) is 2.67. The summed E-state index contributed by atoms with van der Waals surface area (Å²) in [5.41, 5.74) is 0.910. The topological polar surface area (TPSA) is 43.4 Å². The number of ether oxygens (including phenoxy) is 1. The van der Waals surface area contributed by atoms with Crippen LogP contribution < -0.4 is 0 Å². The number of carbonyl (C=O) groups excluding carboxylic acids is 2. The first-order chi connectivity index (χ1) is 6.74. The summed E-state index contributed by atoms with van der Waals surface area (Å²) >= 11 is 1.53. The van der Waals surface area contributed by atoms with E-state index in [1.165, 1.54) is 17.4 Å². The van der Waals surface area contributed by atoms with Crippen LogP contribution in [0.3, 0.4) is 0 Å². The normalized spacial score (nSPS) is 10.4. The van der Waals surface area contributed by atoms with E-state index in [0.717, 1.165) is 5.56 Å². The van der Waals surface area contributed by atoms with Crippen molar-refractivity contribution in [3.63, 3.8) is 0 Å². The second kappa shape index (κ2) is 5.34. The fourth-order valence-electron chi connectivity index (χ4n) is 0.812. The Balaban J connectivity index is 2.52. The van der Waals surface area contributed by atoms with Crippen LogP contribution in [-0.4, -0.2) is 18.4 Å². The van der Waals surface area contributed by atoms with Crippen molar-refractivity contribution in [2.24, 2.45) is 0 Å². The minimum Gasteiger partial charge on any atom is -0.460 e. The molecule has 0 radical (unpaired) electrons. The number of esters is 1. The molecule has 0 fully saturated rings. The van der Waals surface area contributed by atoms with Crippen LogP contribution in [0, 0.1) is 0 Å². The average molecular weight is 210 g/mol. The lowest BCUT2D eigenvalue weighted by Gasteiger charge is -1.95. The summed E-state index contributed by atoms with van der Waals surface area (Å²) in [5.74, 6) is -1.43. The van der Waals surface area contributed by atoms with Gasteiger partial charge in [-0.15, -0.1) is 0 Å². The fraction of sp³-hybridized carbons (Fsp3) is 0.200. The lowest BCUT2D eigenvalue weighted by Crippen LogP contribution is -2.14. The molecule has 0 amide bonds. The standard InChI is InChI=1S/C10H10O3S/c1-2-13-10(12)9(11)4-3-8-5-6-14-7-8/h3-7H,2H2,1H3. The van der Waals surface area contributed by atoms with Gasteiger partial charge in [-0.25, -0.2) is 4.79 Å². The summed E-state index contributed by atoms with van der Waals surface area (Å²) in [6.45, 7) is 1.88. The molecule has 1 aromatic rings. The number of hydrogen-bond acceptors (Lipinski definition) is 4. The third kappa shape index (κ3) is 3.14. The zero-order valence-electron chi connectivity index (χ0n) is 7.73. The third-order valence-electron chi connectivity index (χ3n) is 1.45. The predicted molar refractivity (Wildman–Crippen MR) is 55.0 cm³/mol. The first kappa shape index (κ1) is 10.7. The van der Waals surface area contributed by atoms with E-state index in [0.29, 0.717) is 0 Å². The molecule has 3 nitrogen and oxygen atoms in total. The van der Waals surface area contributed by atoms with Gasteiger partial charge in [0, 0.05) is 0 Å². The minimum atomic E-state index is -0.807. The Labute approximate surface area is 86.0 Å². The number of thiophene rings is 1. The molecule has 0 aliphatic carbocycles. The van der Waals surface area contributed by atoms with E-state index < -0.39 is 11.8 Å². The lowest BCUT2D eigenvalue weighted by atomic mass is 10.2. The molecule has 0 aliphatic heterocycles. The third-order valence-corrected chi connectivity index (χ3v) is 2.15. The van der Waals surface area contributed by atoms with Crippen LogP contribution in [0.25, 0.3) is 6.08 Å². The highest BCUT2D eigenvalue weighted by Gasteiger charge is 2.09. The Bertz CT molecular complexity index is 338. The van der Waals surface area contributed by atoms with Crippen LogP contribution in [-0.2, 0) is 14.3 Å². The highest BCUT2D eigenvalue weighted by molar-refractivity contribution is 7.08. The Morgan fingerprint density at radius 3 is 2.93 bits per heavy atom. The first-order valence-corrected chi connectivity index (χ1v) is 5.09. The van der Waals surface area contributed by atoms with Crippen molar-refractivity contribution in [3.05, 3.63) is 28.5 Å². The van der Waals surface area contributed by atoms with Crippen molar-refractivity contribution in [2.75, 3.05) is 6.61 Å². The van der Waals surface area contributed by atoms with Crippen LogP contribution in [0.15, 0.2) is 22.9 Å². The molecule has 4 heteroatoms. The Hall–Kier alpha value is -1.42. The molecule has 0 bridgehead atoms. The Kier molecular flexibility index (Phi) is 4.07. The van der Waals surface area contributed by atoms with Crippen LogP contribution in [0.2, 0.25) is 0 Å². The second-order valence-electron chi connectivity index (χ2n) is 2.47. The molecule has 0 saturated heterocycles. The molecule has 1 heterocycles. The van der Waals surface area contributed by atoms with Gasteiger partial charge in [-0.05, 0) is 41.5 Å². The van der Waals surface area contributed by atoms with Crippen LogP contribution in [0.4, 0.5) is 0 Å². The molecular formula is C10H10O3S. The van der Waals surface area contributed by atoms with E-state index in [2.05, 4.69) is 4.74 Å². The fourth-order valence-corrected chi connectivity index (χ4v) is 1.44. The van der Waals surface area contributed by atoms with Crippen molar-refractivity contribution in [1.29, 1.82) is 0 Å². The summed E-state index contributed by atoms with van der Waals surface area (Å²) < 4.78 is 4.54. The lowest BCUT2D eigenvalue weighted by molar-refractivity contribution is -0.151. The van der Waals surface area contributed by atoms with Gasteiger partial charge in [0.05, 0.1) is 6.61 Å². The van der Waals surface area contributed by atoms with Gasteiger partial charge < -0.3 is 4.74 Å². The van der Waals surface area contributed by atoms with Gasteiger partial charge in [0.2, 0.25) is 0 Å². The van der Waals surface area contributed by atoms with E-state index in [-0.39, 0.29) is 6.61 Å². The Morgan fingerprint density at radius 2 is 2.36 bits per heavy atom. The zero-order chi connectivity index (χ0) is 10.4. The van der Waals surface area contributed by atoms with Gasteiger partial charge in [0.15, 0.2) is 0 Å². The summed E-state index contributed by atoms with van der Waals surface area (Å²) in [5, 5.41) is 3.78.